The fourth-order valence-corrected chi connectivity index (χ4v) is 3.13. The predicted molar refractivity (Wildman–Crippen MR) is 107 cm³/mol. The lowest BCUT2D eigenvalue weighted by atomic mass is 10.2. The van der Waals surface area contributed by atoms with Crippen LogP contribution in [-0.2, 0) is 9.59 Å². The number of ether oxygens (including phenoxy) is 2. The fraction of sp³-hybridized carbons (Fsp3) is 0.182. The molecule has 0 heterocycles. The van der Waals surface area contributed by atoms with Crippen molar-refractivity contribution in [3.8, 4) is 11.5 Å². The van der Waals surface area contributed by atoms with Gasteiger partial charge in [0.2, 0.25) is 0 Å². The van der Waals surface area contributed by atoms with Gasteiger partial charge in [-0.05, 0) is 75.2 Å². The summed E-state index contributed by atoms with van der Waals surface area (Å²) in [4.78, 5) is 25.3. The molecule has 0 aliphatic heterocycles. The lowest BCUT2D eigenvalue weighted by Gasteiger charge is -2.11. The monoisotopic (exact) mass is 382 g/mol. The van der Waals surface area contributed by atoms with E-state index in [1.807, 2.05) is 38.1 Å². The molecule has 0 unspecified atom stereocenters. The Bertz CT molecular complexity index is 852. The van der Waals surface area contributed by atoms with Gasteiger partial charge in [0.15, 0.2) is 0 Å². The molecule has 2 aromatic carbocycles. The van der Waals surface area contributed by atoms with Gasteiger partial charge in [0.05, 0.1) is 0 Å². The second-order valence-electron chi connectivity index (χ2n) is 6.30. The molecular weight excluding hydrogens is 360 g/mol. The zero-order chi connectivity index (χ0) is 20.1. The van der Waals surface area contributed by atoms with E-state index < -0.39 is 11.9 Å². The summed E-state index contributed by atoms with van der Waals surface area (Å²) in [7, 11) is 0. The van der Waals surface area contributed by atoms with E-state index in [0.29, 0.717) is 22.6 Å². The largest absolute Gasteiger partial charge is 0.423 e. The quantitative estimate of drug-likeness (QED) is 0.379. The highest BCUT2D eigenvalue weighted by molar-refractivity contribution is 7.99. The first-order chi connectivity index (χ1) is 12.7. The molecule has 5 heteroatoms. The molecule has 0 spiro atoms. The van der Waals surface area contributed by atoms with Crippen LogP contribution < -0.4 is 9.47 Å². The number of carbonyl (C=O) groups excluding carboxylic acids is 2. The van der Waals surface area contributed by atoms with Crippen LogP contribution in [0, 0.1) is 13.8 Å². The molecule has 0 fully saturated rings. The lowest BCUT2D eigenvalue weighted by molar-refractivity contribution is -0.131. The maximum absolute atomic E-state index is 11.7. The Balaban J connectivity index is 2.13. The van der Waals surface area contributed by atoms with Crippen molar-refractivity contribution < 1.29 is 19.1 Å². The normalized spacial score (nSPS) is 10.2. The van der Waals surface area contributed by atoms with Crippen LogP contribution >= 0.6 is 11.8 Å². The Morgan fingerprint density at radius 3 is 1.44 bits per heavy atom. The van der Waals surface area contributed by atoms with Crippen LogP contribution in [0.15, 0.2) is 70.5 Å². The second-order valence-corrected chi connectivity index (χ2v) is 7.44. The van der Waals surface area contributed by atoms with Crippen LogP contribution in [0.25, 0.3) is 0 Å². The van der Waals surface area contributed by atoms with Crippen LogP contribution in [0.3, 0.4) is 0 Å². The molecule has 0 aliphatic carbocycles. The van der Waals surface area contributed by atoms with E-state index in [9.17, 15) is 9.59 Å². The van der Waals surface area contributed by atoms with Crippen LogP contribution in [0.2, 0.25) is 0 Å². The Labute approximate surface area is 163 Å². The van der Waals surface area contributed by atoms with Crippen LogP contribution in [-0.4, -0.2) is 11.9 Å². The fourth-order valence-electron chi connectivity index (χ4n) is 2.11. The van der Waals surface area contributed by atoms with E-state index in [1.54, 1.807) is 37.7 Å². The van der Waals surface area contributed by atoms with Crippen LogP contribution in [0.5, 0.6) is 11.5 Å². The summed E-state index contributed by atoms with van der Waals surface area (Å²) in [6.07, 6.45) is 0. The van der Waals surface area contributed by atoms with Gasteiger partial charge < -0.3 is 9.47 Å². The number of esters is 2. The summed E-state index contributed by atoms with van der Waals surface area (Å²) in [6.45, 7) is 14.2. The minimum absolute atomic E-state index is 0.357. The van der Waals surface area contributed by atoms with Gasteiger partial charge in [-0.1, -0.05) is 24.9 Å². The van der Waals surface area contributed by atoms with Crippen LogP contribution in [0.1, 0.15) is 25.0 Å². The number of rotatable bonds is 6. The van der Waals surface area contributed by atoms with E-state index in [4.69, 9.17) is 9.47 Å². The Kier molecular flexibility index (Phi) is 6.64. The summed E-state index contributed by atoms with van der Waals surface area (Å²) in [6, 6.07) is 11.2. The SMILES string of the molecule is C=C(C)C(=O)Oc1ccc(Sc2ccc(OC(=O)C(=C)C)c(C)c2)cc1C. The maximum Gasteiger partial charge on any atom is 0.338 e. The lowest BCUT2D eigenvalue weighted by Crippen LogP contribution is -2.09. The standard InChI is InChI=1S/C22H22O4S/c1-13(2)21(23)25-19-9-7-17(11-15(19)5)27-18-8-10-20(16(6)12-18)26-22(24)14(3)4/h7-12H,1,3H2,2,4-6H3. The first kappa shape index (κ1) is 20.5. The number of hydrogen-bond acceptors (Lipinski definition) is 5. The Morgan fingerprint density at radius 2 is 1.15 bits per heavy atom. The molecule has 0 amide bonds. The van der Waals surface area contributed by atoms with Gasteiger partial charge in [0.1, 0.15) is 11.5 Å². The average Bonchev–Trinajstić information content (AvgIpc) is 2.59. The summed E-state index contributed by atoms with van der Waals surface area (Å²) in [5.74, 6) is 0.166. The first-order valence-electron chi connectivity index (χ1n) is 8.32. The summed E-state index contributed by atoms with van der Waals surface area (Å²) in [5, 5.41) is 0. The van der Waals surface area contributed by atoms with E-state index in [2.05, 4.69) is 13.2 Å². The number of benzene rings is 2. The third kappa shape index (κ3) is 5.59. The third-order valence-corrected chi connectivity index (χ3v) is 4.61. The highest BCUT2D eigenvalue weighted by atomic mass is 32.2. The van der Waals surface area contributed by atoms with Gasteiger partial charge in [0.25, 0.3) is 0 Å². The zero-order valence-electron chi connectivity index (χ0n) is 15.9. The average molecular weight is 382 g/mol. The molecule has 0 bridgehead atoms. The first-order valence-corrected chi connectivity index (χ1v) is 9.13. The van der Waals surface area contributed by atoms with Crippen molar-refractivity contribution in [1.82, 2.24) is 0 Å². The molecule has 2 rings (SSSR count). The Morgan fingerprint density at radius 1 is 0.778 bits per heavy atom. The molecule has 2 aromatic rings. The van der Waals surface area contributed by atoms with Crippen molar-refractivity contribution in [3.05, 3.63) is 71.8 Å². The molecular formula is C22H22O4S. The van der Waals surface area contributed by atoms with Crippen molar-refractivity contribution in [1.29, 1.82) is 0 Å². The van der Waals surface area contributed by atoms with Crippen molar-refractivity contribution in [3.63, 3.8) is 0 Å². The molecule has 0 saturated heterocycles. The minimum Gasteiger partial charge on any atom is -0.423 e. The number of aryl methyl sites for hydroxylation is 2. The topological polar surface area (TPSA) is 52.6 Å². The summed E-state index contributed by atoms with van der Waals surface area (Å²) >= 11 is 1.57. The molecule has 0 radical (unpaired) electrons. The summed E-state index contributed by atoms with van der Waals surface area (Å²) in [5.41, 5.74) is 2.43. The highest BCUT2D eigenvalue weighted by Crippen LogP contribution is 2.33. The molecule has 27 heavy (non-hydrogen) atoms. The number of hydrogen-bond donors (Lipinski definition) is 0. The van der Waals surface area contributed by atoms with Gasteiger partial charge in [0, 0.05) is 20.9 Å². The molecule has 0 atom stereocenters. The molecule has 0 aromatic heterocycles. The Hall–Kier alpha value is -2.79. The molecule has 0 aliphatic rings. The number of carbonyl (C=O) groups is 2. The van der Waals surface area contributed by atoms with Crippen molar-refractivity contribution in [2.45, 2.75) is 37.5 Å². The van der Waals surface area contributed by atoms with Crippen LogP contribution in [0.4, 0.5) is 0 Å². The smallest absolute Gasteiger partial charge is 0.338 e. The summed E-state index contributed by atoms with van der Waals surface area (Å²) < 4.78 is 10.6. The van der Waals surface area contributed by atoms with E-state index in [1.165, 1.54) is 0 Å². The molecule has 0 saturated carbocycles. The van der Waals surface area contributed by atoms with Gasteiger partial charge in [-0.25, -0.2) is 9.59 Å². The van der Waals surface area contributed by atoms with Crippen molar-refractivity contribution in [2.24, 2.45) is 0 Å². The van der Waals surface area contributed by atoms with Crippen molar-refractivity contribution in [2.75, 3.05) is 0 Å². The predicted octanol–water partition coefficient (Wildman–Crippen LogP) is 5.42. The van der Waals surface area contributed by atoms with Gasteiger partial charge in [-0.2, -0.15) is 0 Å². The third-order valence-electron chi connectivity index (χ3n) is 3.63. The van der Waals surface area contributed by atoms with E-state index in [0.717, 1.165) is 20.9 Å². The highest BCUT2D eigenvalue weighted by Gasteiger charge is 2.11. The zero-order valence-corrected chi connectivity index (χ0v) is 16.7. The van der Waals surface area contributed by atoms with Gasteiger partial charge in [-0.3, -0.25) is 0 Å². The van der Waals surface area contributed by atoms with Crippen molar-refractivity contribution >= 4 is 23.7 Å². The van der Waals surface area contributed by atoms with E-state index in [-0.39, 0.29) is 0 Å². The minimum atomic E-state index is -0.436. The van der Waals surface area contributed by atoms with Gasteiger partial charge in [-0.15, -0.1) is 0 Å². The van der Waals surface area contributed by atoms with Gasteiger partial charge >= 0.3 is 11.9 Å². The van der Waals surface area contributed by atoms with E-state index >= 15 is 0 Å². The molecule has 140 valence electrons. The second kappa shape index (κ2) is 8.73. The molecule has 0 N–H and O–H groups in total. The molecule has 4 nitrogen and oxygen atoms in total. The maximum atomic E-state index is 11.7.